The average Bonchev–Trinajstić information content (AvgIpc) is 3.13. The molecule has 5 nitrogen and oxygen atoms in total. The summed E-state index contributed by atoms with van der Waals surface area (Å²) >= 11 is 0. The van der Waals surface area contributed by atoms with Crippen molar-refractivity contribution in [2.45, 2.75) is 25.8 Å². The van der Waals surface area contributed by atoms with Crippen molar-refractivity contribution in [1.82, 2.24) is 5.32 Å². The fourth-order valence-electron chi connectivity index (χ4n) is 1.87. The first-order chi connectivity index (χ1) is 8.50. The normalized spacial score (nSPS) is 16.1. The topological polar surface area (TPSA) is 86.6 Å². The second kappa shape index (κ2) is 4.68. The number of phenolic OH excluding ortho intramolecular Hbond substituents is 1. The predicted octanol–water partition coefficient (Wildman–Crippen LogP) is 1.29. The smallest absolute Gasteiger partial charge is 0.326 e. The Morgan fingerprint density at radius 2 is 2.06 bits per heavy atom. The maximum absolute atomic E-state index is 11.9. The number of carboxylic acid groups (broad SMARTS) is 1. The van der Waals surface area contributed by atoms with Crippen molar-refractivity contribution in [1.29, 1.82) is 0 Å². The molecule has 0 spiro atoms. The number of aliphatic carboxylic acids is 1. The predicted molar refractivity (Wildman–Crippen MR) is 64.5 cm³/mol. The Balaban J connectivity index is 2.16. The van der Waals surface area contributed by atoms with E-state index >= 15 is 0 Å². The molecule has 1 aromatic rings. The number of aryl methyl sites for hydroxylation is 1. The van der Waals surface area contributed by atoms with Crippen molar-refractivity contribution in [2.75, 3.05) is 0 Å². The quantitative estimate of drug-likeness (QED) is 0.750. The van der Waals surface area contributed by atoms with Gasteiger partial charge in [0.25, 0.3) is 5.91 Å². The van der Waals surface area contributed by atoms with Gasteiger partial charge in [-0.1, -0.05) is 12.1 Å². The van der Waals surface area contributed by atoms with E-state index in [2.05, 4.69) is 5.32 Å². The minimum Gasteiger partial charge on any atom is -0.507 e. The van der Waals surface area contributed by atoms with Gasteiger partial charge in [-0.3, -0.25) is 4.79 Å². The van der Waals surface area contributed by atoms with Crippen LogP contribution < -0.4 is 5.32 Å². The Bertz CT molecular complexity index is 494. The van der Waals surface area contributed by atoms with E-state index in [1.807, 2.05) is 0 Å². The van der Waals surface area contributed by atoms with Crippen LogP contribution in [-0.4, -0.2) is 28.1 Å². The molecule has 2 rings (SSSR count). The molecule has 0 radical (unpaired) electrons. The number of carbonyl (C=O) groups excluding carboxylic acids is 1. The molecule has 1 amide bonds. The molecular weight excluding hydrogens is 234 g/mol. The number of phenols is 1. The van der Waals surface area contributed by atoms with E-state index in [0.717, 1.165) is 12.8 Å². The summed E-state index contributed by atoms with van der Waals surface area (Å²) in [7, 11) is 0. The molecule has 1 unspecified atom stereocenters. The summed E-state index contributed by atoms with van der Waals surface area (Å²) in [6, 6.07) is 3.94. The summed E-state index contributed by atoms with van der Waals surface area (Å²) in [5, 5.41) is 21.3. The number of hydrogen-bond acceptors (Lipinski definition) is 3. The first kappa shape index (κ1) is 12.4. The Labute approximate surface area is 104 Å². The fourth-order valence-corrected chi connectivity index (χ4v) is 1.87. The second-order valence-electron chi connectivity index (χ2n) is 4.60. The van der Waals surface area contributed by atoms with Crippen molar-refractivity contribution < 1.29 is 19.8 Å². The van der Waals surface area contributed by atoms with Gasteiger partial charge in [-0.05, 0) is 37.3 Å². The van der Waals surface area contributed by atoms with Crippen LogP contribution in [0.4, 0.5) is 0 Å². The summed E-state index contributed by atoms with van der Waals surface area (Å²) < 4.78 is 0. The molecule has 1 fully saturated rings. The number of carboxylic acids is 1. The molecule has 0 saturated heterocycles. The lowest BCUT2D eigenvalue weighted by molar-refractivity contribution is -0.139. The summed E-state index contributed by atoms with van der Waals surface area (Å²) in [5.41, 5.74) is 0.697. The molecule has 0 aliphatic heterocycles. The standard InChI is InChI=1S/C13H15NO4/c1-7-3-2-4-9(11(7)15)12(16)14-10(13(17)18)8-5-6-8/h2-4,8,10,15H,5-6H2,1H3,(H,14,16)(H,17,18). The molecule has 1 atom stereocenters. The Morgan fingerprint density at radius 3 is 2.61 bits per heavy atom. The number of hydrogen-bond donors (Lipinski definition) is 3. The first-order valence-corrected chi connectivity index (χ1v) is 5.83. The fraction of sp³-hybridized carbons (Fsp3) is 0.385. The maximum Gasteiger partial charge on any atom is 0.326 e. The van der Waals surface area contributed by atoms with Crippen LogP contribution in [-0.2, 0) is 4.79 Å². The minimum atomic E-state index is -1.03. The summed E-state index contributed by atoms with van der Waals surface area (Å²) in [6.45, 7) is 1.68. The number of nitrogens with one attached hydrogen (secondary N) is 1. The molecule has 3 N–H and O–H groups in total. The van der Waals surface area contributed by atoms with Crippen LogP contribution in [0.25, 0.3) is 0 Å². The third-order valence-electron chi connectivity index (χ3n) is 3.13. The monoisotopic (exact) mass is 249 g/mol. The summed E-state index contributed by atoms with van der Waals surface area (Å²) in [5.74, 6) is -1.66. The highest BCUT2D eigenvalue weighted by Crippen LogP contribution is 2.33. The molecule has 5 heteroatoms. The average molecular weight is 249 g/mol. The largest absolute Gasteiger partial charge is 0.507 e. The van der Waals surface area contributed by atoms with Gasteiger partial charge < -0.3 is 15.5 Å². The molecular formula is C13H15NO4. The molecule has 1 aromatic carbocycles. The number of rotatable bonds is 4. The highest BCUT2D eigenvalue weighted by molar-refractivity contribution is 5.99. The van der Waals surface area contributed by atoms with Crippen LogP contribution in [0.5, 0.6) is 5.75 Å². The van der Waals surface area contributed by atoms with Gasteiger partial charge in [0.15, 0.2) is 0 Å². The van der Waals surface area contributed by atoms with Crippen molar-refractivity contribution >= 4 is 11.9 Å². The highest BCUT2D eigenvalue weighted by Gasteiger charge is 2.37. The van der Waals surface area contributed by atoms with E-state index in [9.17, 15) is 14.7 Å². The summed E-state index contributed by atoms with van der Waals surface area (Å²) in [6.07, 6.45) is 1.63. The molecule has 96 valence electrons. The van der Waals surface area contributed by atoms with Gasteiger partial charge in [0.05, 0.1) is 5.56 Å². The van der Waals surface area contributed by atoms with E-state index in [-0.39, 0.29) is 17.2 Å². The summed E-state index contributed by atoms with van der Waals surface area (Å²) in [4.78, 5) is 23.0. The Hall–Kier alpha value is -2.04. The lowest BCUT2D eigenvalue weighted by Gasteiger charge is -2.14. The zero-order valence-electron chi connectivity index (χ0n) is 10.0. The molecule has 1 aliphatic carbocycles. The Morgan fingerprint density at radius 1 is 1.39 bits per heavy atom. The van der Waals surface area contributed by atoms with Gasteiger partial charge in [0, 0.05) is 0 Å². The third-order valence-corrected chi connectivity index (χ3v) is 3.13. The van der Waals surface area contributed by atoms with Gasteiger partial charge in [-0.15, -0.1) is 0 Å². The van der Waals surface area contributed by atoms with Gasteiger partial charge >= 0.3 is 5.97 Å². The van der Waals surface area contributed by atoms with Crippen molar-refractivity contribution in [3.8, 4) is 5.75 Å². The molecule has 1 saturated carbocycles. The van der Waals surface area contributed by atoms with Crippen LogP contribution in [0.15, 0.2) is 18.2 Å². The number of para-hydroxylation sites is 1. The van der Waals surface area contributed by atoms with Crippen LogP contribution in [0.1, 0.15) is 28.8 Å². The lowest BCUT2D eigenvalue weighted by atomic mass is 10.1. The number of carbonyl (C=O) groups is 2. The SMILES string of the molecule is Cc1cccc(C(=O)NC(C(=O)O)C2CC2)c1O. The van der Waals surface area contributed by atoms with Crippen LogP contribution in [0.3, 0.4) is 0 Å². The van der Waals surface area contributed by atoms with Crippen LogP contribution in [0, 0.1) is 12.8 Å². The molecule has 0 aromatic heterocycles. The van der Waals surface area contributed by atoms with Crippen LogP contribution in [0.2, 0.25) is 0 Å². The van der Waals surface area contributed by atoms with E-state index in [0.29, 0.717) is 5.56 Å². The lowest BCUT2D eigenvalue weighted by Crippen LogP contribution is -2.42. The Kier molecular flexibility index (Phi) is 3.23. The maximum atomic E-state index is 11.9. The first-order valence-electron chi connectivity index (χ1n) is 5.83. The van der Waals surface area contributed by atoms with E-state index < -0.39 is 17.9 Å². The third kappa shape index (κ3) is 2.45. The van der Waals surface area contributed by atoms with E-state index in [4.69, 9.17) is 5.11 Å². The molecule has 0 bridgehead atoms. The molecule has 1 aliphatic rings. The number of benzene rings is 1. The van der Waals surface area contributed by atoms with Crippen molar-refractivity contribution in [3.63, 3.8) is 0 Å². The van der Waals surface area contributed by atoms with Gasteiger partial charge in [0.2, 0.25) is 0 Å². The number of amides is 1. The van der Waals surface area contributed by atoms with Gasteiger partial charge in [-0.25, -0.2) is 4.79 Å². The number of aromatic hydroxyl groups is 1. The van der Waals surface area contributed by atoms with Crippen molar-refractivity contribution in [2.24, 2.45) is 5.92 Å². The van der Waals surface area contributed by atoms with E-state index in [1.54, 1.807) is 19.1 Å². The zero-order valence-corrected chi connectivity index (χ0v) is 10.0. The van der Waals surface area contributed by atoms with Gasteiger partial charge in [-0.2, -0.15) is 0 Å². The molecule has 0 heterocycles. The second-order valence-corrected chi connectivity index (χ2v) is 4.60. The minimum absolute atomic E-state index is 0.0124. The highest BCUT2D eigenvalue weighted by atomic mass is 16.4. The van der Waals surface area contributed by atoms with Crippen LogP contribution >= 0.6 is 0 Å². The van der Waals surface area contributed by atoms with E-state index in [1.165, 1.54) is 6.07 Å². The van der Waals surface area contributed by atoms with Crippen molar-refractivity contribution in [3.05, 3.63) is 29.3 Å². The molecule has 18 heavy (non-hydrogen) atoms. The zero-order chi connectivity index (χ0) is 13.3. The van der Waals surface area contributed by atoms with Gasteiger partial charge in [0.1, 0.15) is 11.8 Å².